The van der Waals surface area contributed by atoms with Crippen LogP contribution in [-0.4, -0.2) is 36.0 Å². The lowest BCUT2D eigenvalue weighted by molar-refractivity contribution is 0.0682. The molecule has 106 valence electrons. The fraction of sp³-hybridized carbons (Fsp3) is 0.615. The molecule has 2 aliphatic rings. The van der Waals surface area contributed by atoms with Crippen molar-refractivity contribution in [2.45, 2.75) is 43.8 Å². The second-order valence-electron chi connectivity index (χ2n) is 5.32. The summed E-state index contributed by atoms with van der Waals surface area (Å²) in [6.45, 7) is 0. The number of nitrogens with zero attached hydrogens (tertiary/aromatic N) is 1. The standard InChI is InChI=1S/C13H17IN2OS.ClH/c1-16(13(17)8-4-12(14)18-7-8)11-5-9-2-3-10(6-11)15-9;/h4,7,9-11,15H,2-3,5-6H2,1H3;1H. The van der Waals surface area contributed by atoms with E-state index in [0.717, 1.165) is 18.4 Å². The summed E-state index contributed by atoms with van der Waals surface area (Å²) in [5, 5.41) is 5.59. The molecule has 0 saturated carbocycles. The molecule has 0 aliphatic carbocycles. The fourth-order valence-corrected chi connectivity index (χ4v) is 4.46. The normalized spacial score (nSPS) is 28.8. The number of fused-ring (bicyclic) bond motifs is 2. The van der Waals surface area contributed by atoms with Gasteiger partial charge in [-0.2, -0.15) is 0 Å². The third-order valence-electron chi connectivity index (χ3n) is 4.13. The molecule has 1 amide bonds. The maximum absolute atomic E-state index is 12.4. The number of halogens is 2. The summed E-state index contributed by atoms with van der Waals surface area (Å²) in [6, 6.07) is 3.66. The lowest BCUT2D eigenvalue weighted by Crippen LogP contribution is -2.48. The second-order valence-corrected chi connectivity index (χ2v) is 8.12. The van der Waals surface area contributed by atoms with Gasteiger partial charge in [0.25, 0.3) is 5.91 Å². The van der Waals surface area contributed by atoms with E-state index in [4.69, 9.17) is 0 Å². The SMILES string of the molecule is CN(C(=O)c1csc(I)c1)C1CC2CCC(C1)N2.Cl. The number of carbonyl (C=O) groups is 1. The summed E-state index contributed by atoms with van der Waals surface area (Å²) in [4.78, 5) is 14.4. The molecule has 3 heterocycles. The molecule has 2 unspecified atom stereocenters. The van der Waals surface area contributed by atoms with Gasteiger partial charge in [-0.05, 0) is 54.3 Å². The Hall–Kier alpha value is 0.150. The molecule has 0 spiro atoms. The van der Waals surface area contributed by atoms with Gasteiger partial charge in [0.15, 0.2) is 0 Å². The van der Waals surface area contributed by atoms with E-state index in [-0.39, 0.29) is 18.3 Å². The lowest BCUT2D eigenvalue weighted by atomic mass is 9.98. The highest BCUT2D eigenvalue weighted by Gasteiger charge is 2.36. The zero-order valence-corrected chi connectivity index (χ0v) is 14.6. The predicted molar refractivity (Wildman–Crippen MR) is 89.3 cm³/mol. The fourth-order valence-electron chi connectivity index (χ4n) is 3.14. The molecule has 0 aromatic carbocycles. The number of hydrogen-bond acceptors (Lipinski definition) is 3. The summed E-state index contributed by atoms with van der Waals surface area (Å²) >= 11 is 3.90. The maximum atomic E-state index is 12.4. The minimum atomic E-state index is 0. The Morgan fingerprint density at radius 1 is 1.42 bits per heavy atom. The number of piperidine rings is 1. The van der Waals surface area contributed by atoms with Crippen LogP contribution in [-0.2, 0) is 0 Å². The van der Waals surface area contributed by atoms with Crippen LogP contribution in [0.25, 0.3) is 0 Å². The van der Waals surface area contributed by atoms with Crippen LogP contribution in [0.1, 0.15) is 36.0 Å². The van der Waals surface area contributed by atoms with Crippen LogP contribution < -0.4 is 5.32 Å². The largest absolute Gasteiger partial charge is 0.339 e. The average molecular weight is 413 g/mol. The van der Waals surface area contributed by atoms with Gasteiger partial charge in [-0.15, -0.1) is 23.7 Å². The van der Waals surface area contributed by atoms with E-state index >= 15 is 0 Å². The monoisotopic (exact) mass is 412 g/mol. The van der Waals surface area contributed by atoms with Gasteiger partial charge >= 0.3 is 0 Å². The molecular formula is C13H18ClIN2OS. The molecule has 1 aromatic heterocycles. The first kappa shape index (κ1) is 15.5. The van der Waals surface area contributed by atoms with Gasteiger partial charge in [-0.25, -0.2) is 0 Å². The minimum absolute atomic E-state index is 0. The zero-order chi connectivity index (χ0) is 12.7. The maximum Gasteiger partial charge on any atom is 0.254 e. The first-order valence-corrected chi connectivity index (χ1v) is 8.36. The number of thiophene rings is 1. The van der Waals surface area contributed by atoms with Crippen LogP contribution in [0, 0.1) is 2.88 Å². The Balaban J connectivity index is 0.00000133. The first-order valence-electron chi connectivity index (χ1n) is 6.40. The van der Waals surface area contributed by atoms with Crippen LogP contribution in [0.5, 0.6) is 0 Å². The molecule has 2 saturated heterocycles. The zero-order valence-electron chi connectivity index (χ0n) is 10.8. The number of nitrogens with one attached hydrogen (secondary N) is 1. The Morgan fingerprint density at radius 2 is 2.05 bits per heavy atom. The van der Waals surface area contributed by atoms with Gasteiger partial charge in [-0.1, -0.05) is 0 Å². The molecule has 2 bridgehead atoms. The van der Waals surface area contributed by atoms with Crippen molar-refractivity contribution in [1.82, 2.24) is 10.2 Å². The van der Waals surface area contributed by atoms with Gasteiger partial charge in [0, 0.05) is 30.6 Å². The Bertz CT molecular complexity index is 455. The Labute approximate surface area is 137 Å². The molecule has 1 aromatic rings. The third kappa shape index (κ3) is 3.25. The molecule has 6 heteroatoms. The van der Waals surface area contributed by atoms with E-state index < -0.39 is 0 Å². The average Bonchev–Trinajstić information content (AvgIpc) is 2.94. The van der Waals surface area contributed by atoms with Crippen LogP contribution >= 0.6 is 46.3 Å². The summed E-state index contributed by atoms with van der Waals surface area (Å²) in [5.41, 5.74) is 0.845. The molecule has 3 rings (SSSR count). The first-order chi connectivity index (χ1) is 8.63. The number of hydrogen-bond donors (Lipinski definition) is 1. The third-order valence-corrected chi connectivity index (χ3v) is 5.92. The predicted octanol–water partition coefficient (Wildman–Crippen LogP) is 3.13. The van der Waals surface area contributed by atoms with Crippen LogP contribution in [0.2, 0.25) is 0 Å². The van der Waals surface area contributed by atoms with Gasteiger partial charge in [0.2, 0.25) is 0 Å². The van der Waals surface area contributed by atoms with Crippen molar-refractivity contribution in [3.8, 4) is 0 Å². The van der Waals surface area contributed by atoms with E-state index in [1.165, 1.54) is 15.7 Å². The van der Waals surface area contributed by atoms with Crippen molar-refractivity contribution < 1.29 is 4.79 Å². The quantitative estimate of drug-likeness (QED) is 0.757. The van der Waals surface area contributed by atoms with E-state index in [1.807, 2.05) is 23.4 Å². The van der Waals surface area contributed by atoms with Crippen molar-refractivity contribution in [1.29, 1.82) is 0 Å². The highest BCUT2D eigenvalue weighted by Crippen LogP contribution is 2.30. The Morgan fingerprint density at radius 3 is 2.58 bits per heavy atom. The van der Waals surface area contributed by atoms with Gasteiger partial charge < -0.3 is 10.2 Å². The number of rotatable bonds is 2. The van der Waals surface area contributed by atoms with Gasteiger partial charge in [0.1, 0.15) is 0 Å². The van der Waals surface area contributed by atoms with Gasteiger partial charge in [-0.3, -0.25) is 4.79 Å². The van der Waals surface area contributed by atoms with Crippen molar-refractivity contribution in [3.63, 3.8) is 0 Å². The van der Waals surface area contributed by atoms with Crippen molar-refractivity contribution in [2.75, 3.05) is 7.05 Å². The molecule has 1 N–H and O–H groups in total. The summed E-state index contributed by atoms with van der Waals surface area (Å²) in [5.74, 6) is 0.181. The molecule has 3 nitrogen and oxygen atoms in total. The van der Waals surface area contributed by atoms with Crippen molar-refractivity contribution >= 4 is 52.2 Å². The lowest BCUT2D eigenvalue weighted by Gasteiger charge is -2.35. The van der Waals surface area contributed by atoms with E-state index in [9.17, 15) is 4.79 Å². The molecule has 19 heavy (non-hydrogen) atoms. The van der Waals surface area contributed by atoms with E-state index in [0.29, 0.717) is 18.1 Å². The highest BCUT2D eigenvalue weighted by molar-refractivity contribution is 14.1. The topological polar surface area (TPSA) is 32.3 Å². The Kier molecular flexibility index (Phi) is 5.14. The van der Waals surface area contributed by atoms with Crippen LogP contribution in [0.4, 0.5) is 0 Å². The summed E-state index contributed by atoms with van der Waals surface area (Å²) < 4.78 is 1.18. The van der Waals surface area contributed by atoms with Crippen LogP contribution in [0.3, 0.4) is 0 Å². The van der Waals surface area contributed by atoms with Crippen LogP contribution in [0.15, 0.2) is 11.4 Å². The molecule has 2 fully saturated rings. The summed E-state index contributed by atoms with van der Waals surface area (Å²) in [7, 11) is 1.96. The van der Waals surface area contributed by atoms with Crippen molar-refractivity contribution in [2.24, 2.45) is 0 Å². The van der Waals surface area contributed by atoms with Crippen molar-refractivity contribution in [3.05, 3.63) is 19.9 Å². The molecular weight excluding hydrogens is 395 g/mol. The molecule has 2 aliphatic heterocycles. The number of carbonyl (C=O) groups excluding carboxylic acids is 1. The second kappa shape index (κ2) is 6.28. The van der Waals surface area contributed by atoms with E-state index in [2.05, 4.69) is 27.9 Å². The minimum Gasteiger partial charge on any atom is -0.339 e. The number of amides is 1. The smallest absolute Gasteiger partial charge is 0.254 e. The van der Waals surface area contributed by atoms with E-state index in [1.54, 1.807) is 11.3 Å². The van der Waals surface area contributed by atoms with Gasteiger partial charge in [0.05, 0.1) is 8.45 Å². The highest BCUT2D eigenvalue weighted by atomic mass is 127. The summed E-state index contributed by atoms with van der Waals surface area (Å²) in [6.07, 6.45) is 4.78. The molecule has 2 atom stereocenters. The molecule has 0 radical (unpaired) electrons.